The molecule has 400 valence electrons. The largest absolute Gasteiger partial charge is 0.462 e. The van der Waals surface area contributed by atoms with E-state index >= 15 is 0 Å². The lowest BCUT2D eigenvalue weighted by Crippen LogP contribution is -2.30. The van der Waals surface area contributed by atoms with Gasteiger partial charge in [-0.15, -0.1) is 0 Å². The van der Waals surface area contributed by atoms with E-state index in [0.29, 0.717) is 19.3 Å². The standard InChI is InChI=1S/C63H112O6/c1-4-7-10-13-16-19-22-25-27-29-30-31-32-34-35-38-41-44-47-50-53-56-62(65)68-59-60(58-67-61(64)55-52-49-46-43-40-37-24-21-18-15-12-9-6-3)69-63(66)57-54-51-48-45-42-39-36-33-28-26-23-20-17-14-11-8-5-2/h9,12,18,21,26,28-30,37,40,60H,4-8,10-11,13-17,19-20,22-25,27,31-36,38-39,41-59H2,1-3H3/b12-9-,21-18-,28-26-,30-29-,40-37-. The second-order valence-electron chi connectivity index (χ2n) is 19.9. The molecule has 0 aliphatic rings. The quantitative estimate of drug-likeness (QED) is 0.0262. The maximum atomic E-state index is 12.9. The summed E-state index contributed by atoms with van der Waals surface area (Å²) < 4.78 is 16.9. The van der Waals surface area contributed by atoms with Crippen molar-refractivity contribution >= 4 is 17.9 Å². The Morgan fingerprint density at radius 3 is 0.913 bits per heavy atom. The molecule has 0 aliphatic heterocycles. The molecule has 0 aliphatic carbocycles. The van der Waals surface area contributed by atoms with Crippen molar-refractivity contribution in [2.45, 2.75) is 309 Å². The number of hydrogen-bond donors (Lipinski definition) is 0. The van der Waals surface area contributed by atoms with Gasteiger partial charge in [-0.3, -0.25) is 14.4 Å². The average molecular weight is 966 g/mol. The molecule has 0 rings (SSSR count). The molecule has 0 radical (unpaired) electrons. The van der Waals surface area contributed by atoms with Crippen LogP contribution < -0.4 is 0 Å². The van der Waals surface area contributed by atoms with Crippen molar-refractivity contribution in [2.24, 2.45) is 0 Å². The topological polar surface area (TPSA) is 78.9 Å². The lowest BCUT2D eigenvalue weighted by molar-refractivity contribution is -0.167. The maximum Gasteiger partial charge on any atom is 0.306 e. The summed E-state index contributed by atoms with van der Waals surface area (Å²) in [5, 5.41) is 0. The Hall–Kier alpha value is -2.89. The van der Waals surface area contributed by atoms with Crippen LogP contribution in [0.3, 0.4) is 0 Å². The lowest BCUT2D eigenvalue weighted by atomic mass is 10.1. The van der Waals surface area contributed by atoms with Crippen LogP contribution in [0, 0.1) is 0 Å². The van der Waals surface area contributed by atoms with Crippen LogP contribution >= 0.6 is 0 Å². The van der Waals surface area contributed by atoms with E-state index in [2.05, 4.69) is 81.5 Å². The SMILES string of the molecule is CC/C=C\C/C=C\C/C=C\CCCCCC(=O)OCC(COC(=O)CCCCCCCCCCC/C=C\CCCCCCCCCC)OC(=O)CCCCCCCCC/C=C\CCCCCCCC. The zero-order valence-electron chi connectivity index (χ0n) is 45.8. The number of ether oxygens (including phenoxy) is 3. The molecule has 0 aromatic rings. The molecule has 1 unspecified atom stereocenters. The minimum Gasteiger partial charge on any atom is -0.462 e. The van der Waals surface area contributed by atoms with Crippen LogP contribution in [0.2, 0.25) is 0 Å². The second kappa shape index (κ2) is 57.7. The molecule has 0 saturated carbocycles. The van der Waals surface area contributed by atoms with E-state index < -0.39 is 6.10 Å². The number of unbranched alkanes of at least 4 members (excludes halogenated alkanes) is 33. The average Bonchev–Trinajstić information content (AvgIpc) is 3.35. The summed E-state index contributed by atoms with van der Waals surface area (Å²) in [6, 6.07) is 0. The molecule has 0 fully saturated rings. The molecular weight excluding hydrogens is 853 g/mol. The first kappa shape index (κ1) is 66.1. The number of carbonyl (C=O) groups is 3. The molecule has 69 heavy (non-hydrogen) atoms. The molecule has 6 nitrogen and oxygen atoms in total. The van der Waals surface area contributed by atoms with Gasteiger partial charge in [-0.25, -0.2) is 0 Å². The second-order valence-corrected chi connectivity index (χ2v) is 19.9. The van der Waals surface area contributed by atoms with Gasteiger partial charge < -0.3 is 14.2 Å². The van der Waals surface area contributed by atoms with Crippen LogP contribution in [0.4, 0.5) is 0 Å². The van der Waals surface area contributed by atoms with Crippen molar-refractivity contribution < 1.29 is 28.6 Å². The summed E-state index contributed by atoms with van der Waals surface area (Å²) in [6.45, 7) is 6.52. The Morgan fingerprint density at radius 2 is 0.565 bits per heavy atom. The van der Waals surface area contributed by atoms with E-state index in [1.807, 2.05) is 0 Å². The number of allylic oxidation sites excluding steroid dienone is 10. The van der Waals surface area contributed by atoms with Crippen molar-refractivity contribution in [2.75, 3.05) is 13.2 Å². The first-order valence-electron chi connectivity index (χ1n) is 29.8. The third-order valence-corrected chi connectivity index (χ3v) is 13.0. The number of hydrogen-bond acceptors (Lipinski definition) is 6. The molecular formula is C63H112O6. The Labute approximate surface area is 428 Å². The van der Waals surface area contributed by atoms with E-state index in [1.54, 1.807) is 0 Å². The van der Waals surface area contributed by atoms with E-state index in [4.69, 9.17) is 14.2 Å². The highest BCUT2D eigenvalue weighted by Crippen LogP contribution is 2.16. The van der Waals surface area contributed by atoms with Gasteiger partial charge in [0.25, 0.3) is 0 Å². The zero-order chi connectivity index (χ0) is 50.0. The Bertz CT molecular complexity index is 1250. The van der Waals surface area contributed by atoms with Gasteiger partial charge in [0.2, 0.25) is 0 Å². The predicted molar refractivity (Wildman–Crippen MR) is 298 cm³/mol. The molecule has 0 heterocycles. The van der Waals surface area contributed by atoms with Gasteiger partial charge in [-0.1, -0.05) is 242 Å². The Kier molecular flexibility index (Phi) is 55.3. The first-order chi connectivity index (χ1) is 34.0. The number of carbonyl (C=O) groups excluding carboxylic acids is 3. The Balaban J connectivity index is 4.35. The van der Waals surface area contributed by atoms with Crippen molar-refractivity contribution in [3.8, 4) is 0 Å². The molecule has 0 amide bonds. The molecule has 0 spiro atoms. The molecule has 0 bridgehead atoms. The number of esters is 3. The summed E-state index contributed by atoms with van der Waals surface area (Å²) in [5.74, 6) is -0.911. The van der Waals surface area contributed by atoms with Crippen LogP contribution in [-0.4, -0.2) is 37.2 Å². The van der Waals surface area contributed by atoms with Gasteiger partial charge in [-0.2, -0.15) is 0 Å². The lowest BCUT2D eigenvalue weighted by Gasteiger charge is -2.18. The third kappa shape index (κ3) is 55.9. The van der Waals surface area contributed by atoms with Gasteiger partial charge in [-0.05, 0) is 103 Å². The molecule has 0 N–H and O–H groups in total. The van der Waals surface area contributed by atoms with Gasteiger partial charge >= 0.3 is 17.9 Å². The molecule has 0 aromatic carbocycles. The van der Waals surface area contributed by atoms with Gasteiger partial charge in [0, 0.05) is 19.3 Å². The highest BCUT2D eigenvalue weighted by Gasteiger charge is 2.19. The van der Waals surface area contributed by atoms with Crippen LogP contribution in [0.25, 0.3) is 0 Å². The van der Waals surface area contributed by atoms with Crippen LogP contribution in [0.5, 0.6) is 0 Å². The smallest absolute Gasteiger partial charge is 0.306 e. The Morgan fingerprint density at radius 1 is 0.304 bits per heavy atom. The van der Waals surface area contributed by atoms with E-state index in [1.165, 1.54) is 180 Å². The summed E-state index contributed by atoms with van der Waals surface area (Å²) in [4.78, 5) is 38.2. The highest BCUT2D eigenvalue weighted by atomic mass is 16.6. The molecule has 6 heteroatoms. The van der Waals surface area contributed by atoms with Gasteiger partial charge in [0.05, 0.1) is 0 Å². The first-order valence-corrected chi connectivity index (χ1v) is 29.8. The predicted octanol–water partition coefficient (Wildman–Crippen LogP) is 20.0. The van der Waals surface area contributed by atoms with E-state index in [0.717, 1.165) is 83.5 Å². The van der Waals surface area contributed by atoms with Crippen LogP contribution in [0.15, 0.2) is 60.8 Å². The monoisotopic (exact) mass is 965 g/mol. The molecule has 0 aromatic heterocycles. The van der Waals surface area contributed by atoms with Crippen molar-refractivity contribution in [1.82, 2.24) is 0 Å². The minimum atomic E-state index is -0.789. The summed E-state index contributed by atoms with van der Waals surface area (Å²) in [7, 11) is 0. The van der Waals surface area contributed by atoms with Crippen molar-refractivity contribution in [3.05, 3.63) is 60.8 Å². The fourth-order valence-corrected chi connectivity index (χ4v) is 8.51. The summed E-state index contributed by atoms with van der Waals surface area (Å²) in [6.07, 6.45) is 72.2. The molecule has 1 atom stereocenters. The van der Waals surface area contributed by atoms with Gasteiger partial charge in [0.15, 0.2) is 6.10 Å². The maximum absolute atomic E-state index is 12.9. The van der Waals surface area contributed by atoms with E-state index in [9.17, 15) is 14.4 Å². The van der Waals surface area contributed by atoms with Crippen LogP contribution in [0.1, 0.15) is 303 Å². The highest BCUT2D eigenvalue weighted by molar-refractivity contribution is 5.71. The van der Waals surface area contributed by atoms with Gasteiger partial charge in [0.1, 0.15) is 13.2 Å². The zero-order valence-corrected chi connectivity index (χ0v) is 45.8. The number of rotatable bonds is 54. The van der Waals surface area contributed by atoms with E-state index in [-0.39, 0.29) is 31.1 Å². The minimum absolute atomic E-state index is 0.0852. The fourth-order valence-electron chi connectivity index (χ4n) is 8.51. The summed E-state index contributed by atoms with van der Waals surface area (Å²) >= 11 is 0. The molecule has 0 saturated heterocycles. The third-order valence-electron chi connectivity index (χ3n) is 13.0. The van der Waals surface area contributed by atoms with Crippen LogP contribution in [-0.2, 0) is 28.6 Å². The summed E-state index contributed by atoms with van der Waals surface area (Å²) in [5.41, 5.74) is 0. The normalized spacial score (nSPS) is 12.4. The van der Waals surface area contributed by atoms with Crippen molar-refractivity contribution in [1.29, 1.82) is 0 Å². The fraction of sp³-hybridized carbons (Fsp3) is 0.794. The van der Waals surface area contributed by atoms with Crippen molar-refractivity contribution in [3.63, 3.8) is 0 Å².